The van der Waals surface area contributed by atoms with Crippen molar-refractivity contribution in [3.05, 3.63) is 28.0 Å². The monoisotopic (exact) mass is 213 g/mol. The summed E-state index contributed by atoms with van der Waals surface area (Å²) in [5.41, 5.74) is 2.27. The van der Waals surface area contributed by atoms with Crippen molar-refractivity contribution in [3.8, 4) is 0 Å². The molecule has 1 saturated heterocycles. The molecule has 0 saturated carbocycles. The Kier molecular flexibility index (Phi) is 1.69. The molecule has 2 nitrogen and oxygen atoms in total. The molecule has 1 aromatic rings. The summed E-state index contributed by atoms with van der Waals surface area (Å²) >= 11 is 3.36. The molecule has 11 heavy (non-hydrogen) atoms. The maximum atomic E-state index is 5.14. The first-order valence-corrected chi connectivity index (χ1v) is 4.30. The first kappa shape index (κ1) is 7.25. The lowest BCUT2D eigenvalue weighted by molar-refractivity contribution is 0.410. The molecule has 1 fully saturated rings. The standard InChI is InChI=1S/C8H8BrNO/c1-5-2-6(9)3-10-8(5)7-4-11-7/h2-3,7H,4H2,1H3. The second-order valence-corrected chi connectivity index (χ2v) is 3.59. The van der Waals surface area contributed by atoms with Gasteiger partial charge in [0.15, 0.2) is 0 Å². The summed E-state index contributed by atoms with van der Waals surface area (Å²) in [5, 5.41) is 0. The molecule has 1 aliphatic heterocycles. The normalized spacial score (nSPS) is 21.8. The van der Waals surface area contributed by atoms with Gasteiger partial charge in [0.2, 0.25) is 0 Å². The van der Waals surface area contributed by atoms with Gasteiger partial charge in [-0.1, -0.05) is 0 Å². The summed E-state index contributed by atoms with van der Waals surface area (Å²) in [7, 11) is 0. The van der Waals surface area contributed by atoms with Gasteiger partial charge in [0.25, 0.3) is 0 Å². The Labute approximate surface area is 73.7 Å². The van der Waals surface area contributed by atoms with E-state index < -0.39 is 0 Å². The summed E-state index contributed by atoms with van der Waals surface area (Å²) in [6, 6.07) is 2.06. The summed E-state index contributed by atoms with van der Waals surface area (Å²) in [6.45, 7) is 2.88. The third-order valence-electron chi connectivity index (χ3n) is 1.72. The molecule has 0 amide bonds. The van der Waals surface area contributed by atoms with E-state index in [0.717, 1.165) is 16.8 Å². The lowest BCUT2D eigenvalue weighted by Crippen LogP contribution is -1.90. The van der Waals surface area contributed by atoms with Crippen molar-refractivity contribution in [1.29, 1.82) is 0 Å². The van der Waals surface area contributed by atoms with Crippen LogP contribution in [0.5, 0.6) is 0 Å². The molecule has 2 rings (SSSR count). The van der Waals surface area contributed by atoms with E-state index in [-0.39, 0.29) is 6.10 Å². The van der Waals surface area contributed by atoms with Crippen LogP contribution < -0.4 is 0 Å². The fraction of sp³-hybridized carbons (Fsp3) is 0.375. The molecule has 1 unspecified atom stereocenters. The van der Waals surface area contributed by atoms with Gasteiger partial charge in [-0.25, -0.2) is 0 Å². The van der Waals surface area contributed by atoms with Gasteiger partial charge >= 0.3 is 0 Å². The average Bonchev–Trinajstić information content (AvgIpc) is 2.70. The zero-order valence-electron chi connectivity index (χ0n) is 6.17. The Morgan fingerprint density at radius 1 is 1.73 bits per heavy atom. The Morgan fingerprint density at radius 2 is 2.45 bits per heavy atom. The highest BCUT2D eigenvalue weighted by molar-refractivity contribution is 9.10. The number of epoxide rings is 1. The minimum absolute atomic E-state index is 0.267. The van der Waals surface area contributed by atoms with Gasteiger partial charge in [-0.15, -0.1) is 0 Å². The van der Waals surface area contributed by atoms with Crippen molar-refractivity contribution in [1.82, 2.24) is 4.98 Å². The fourth-order valence-electron chi connectivity index (χ4n) is 1.09. The van der Waals surface area contributed by atoms with Crippen LogP contribution in [-0.4, -0.2) is 11.6 Å². The molecule has 1 aromatic heterocycles. The van der Waals surface area contributed by atoms with Crippen LogP contribution in [0.15, 0.2) is 16.7 Å². The van der Waals surface area contributed by atoms with E-state index >= 15 is 0 Å². The lowest BCUT2D eigenvalue weighted by Gasteiger charge is -1.99. The number of halogens is 1. The number of pyridine rings is 1. The first-order chi connectivity index (χ1) is 5.27. The van der Waals surface area contributed by atoms with Crippen LogP contribution >= 0.6 is 15.9 Å². The minimum Gasteiger partial charge on any atom is -0.366 e. The SMILES string of the molecule is Cc1cc(Br)cnc1C1CO1. The number of aryl methyl sites for hydroxylation is 1. The number of aromatic nitrogens is 1. The third kappa shape index (κ3) is 1.44. The summed E-state index contributed by atoms with van der Waals surface area (Å²) in [5.74, 6) is 0. The highest BCUT2D eigenvalue weighted by atomic mass is 79.9. The molecule has 0 N–H and O–H groups in total. The molecular formula is C8H8BrNO. The third-order valence-corrected chi connectivity index (χ3v) is 2.16. The molecule has 0 aromatic carbocycles. The van der Waals surface area contributed by atoms with Gasteiger partial charge in [0.05, 0.1) is 12.3 Å². The number of hydrogen-bond donors (Lipinski definition) is 0. The smallest absolute Gasteiger partial charge is 0.123 e. The maximum Gasteiger partial charge on any atom is 0.123 e. The Hall–Kier alpha value is -0.410. The highest BCUT2D eigenvalue weighted by Crippen LogP contribution is 2.30. The highest BCUT2D eigenvalue weighted by Gasteiger charge is 2.27. The number of hydrogen-bond acceptors (Lipinski definition) is 2. The molecule has 0 bridgehead atoms. The molecule has 1 atom stereocenters. The number of nitrogens with zero attached hydrogens (tertiary/aromatic N) is 1. The second kappa shape index (κ2) is 2.57. The van der Waals surface area contributed by atoms with E-state index in [9.17, 15) is 0 Å². The topological polar surface area (TPSA) is 25.4 Å². The van der Waals surface area contributed by atoms with Gasteiger partial charge in [0.1, 0.15) is 6.10 Å². The van der Waals surface area contributed by atoms with Crippen LogP contribution in [0, 0.1) is 6.92 Å². The summed E-state index contributed by atoms with van der Waals surface area (Å²) < 4.78 is 6.16. The largest absolute Gasteiger partial charge is 0.366 e. The van der Waals surface area contributed by atoms with Crippen LogP contribution in [0.1, 0.15) is 17.4 Å². The molecule has 0 aliphatic carbocycles. The van der Waals surface area contributed by atoms with Crippen LogP contribution in [0.2, 0.25) is 0 Å². The number of rotatable bonds is 1. The van der Waals surface area contributed by atoms with E-state index in [4.69, 9.17) is 4.74 Å². The van der Waals surface area contributed by atoms with Crippen LogP contribution in [0.25, 0.3) is 0 Å². The summed E-state index contributed by atoms with van der Waals surface area (Å²) in [6.07, 6.45) is 2.08. The minimum atomic E-state index is 0.267. The zero-order valence-corrected chi connectivity index (χ0v) is 7.76. The van der Waals surface area contributed by atoms with Crippen molar-refractivity contribution in [2.45, 2.75) is 13.0 Å². The Balaban J connectivity index is 2.39. The van der Waals surface area contributed by atoms with Crippen molar-refractivity contribution in [2.75, 3.05) is 6.61 Å². The predicted molar refractivity (Wildman–Crippen MR) is 45.4 cm³/mol. The van der Waals surface area contributed by atoms with E-state index in [2.05, 4.69) is 33.9 Å². The molecule has 2 heterocycles. The summed E-state index contributed by atoms with van der Waals surface area (Å²) in [4.78, 5) is 4.27. The maximum absolute atomic E-state index is 5.14. The zero-order chi connectivity index (χ0) is 7.84. The van der Waals surface area contributed by atoms with Gasteiger partial charge in [0, 0.05) is 10.7 Å². The van der Waals surface area contributed by atoms with E-state index in [1.807, 2.05) is 6.20 Å². The van der Waals surface area contributed by atoms with Gasteiger partial charge in [-0.3, -0.25) is 4.98 Å². The van der Waals surface area contributed by atoms with Crippen molar-refractivity contribution in [3.63, 3.8) is 0 Å². The lowest BCUT2D eigenvalue weighted by atomic mass is 10.2. The predicted octanol–water partition coefficient (Wildman–Crippen LogP) is 2.22. The Bertz CT molecular complexity index is 283. The van der Waals surface area contributed by atoms with Crippen molar-refractivity contribution >= 4 is 15.9 Å². The number of ether oxygens (including phenoxy) is 1. The fourth-order valence-corrected chi connectivity index (χ4v) is 1.54. The van der Waals surface area contributed by atoms with Crippen molar-refractivity contribution in [2.24, 2.45) is 0 Å². The van der Waals surface area contributed by atoms with Gasteiger partial charge in [-0.2, -0.15) is 0 Å². The molecule has 3 heteroatoms. The van der Waals surface area contributed by atoms with E-state index in [0.29, 0.717) is 0 Å². The van der Waals surface area contributed by atoms with Crippen molar-refractivity contribution < 1.29 is 4.74 Å². The van der Waals surface area contributed by atoms with Gasteiger partial charge < -0.3 is 4.74 Å². The molecule has 0 radical (unpaired) electrons. The quantitative estimate of drug-likeness (QED) is 0.669. The molecule has 1 aliphatic rings. The average molecular weight is 214 g/mol. The molecular weight excluding hydrogens is 206 g/mol. The second-order valence-electron chi connectivity index (χ2n) is 2.68. The first-order valence-electron chi connectivity index (χ1n) is 3.51. The van der Waals surface area contributed by atoms with Crippen LogP contribution in [0.4, 0.5) is 0 Å². The van der Waals surface area contributed by atoms with E-state index in [1.54, 1.807) is 0 Å². The Morgan fingerprint density at radius 3 is 3.00 bits per heavy atom. The van der Waals surface area contributed by atoms with E-state index in [1.165, 1.54) is 5.56 Å². The molecule has 58 valence electrons. The van der Waals surface area contributed by atoms with Crippen LogP contribution in [-0.2, 0) is 4.74 Å². The van der Waals surface area contributed by atoms with Crippen LogP contribution in [0.3, 0.4) is 0 Å². The molecule has 0 spiro atoms. The van der Waals surface area contributed by atoms with Gasteiger partial charge in [-0.05, 0) is 34.5 Å².